The summed E-state index contributed by atoms with van der Waals surface area (Å²) in [5.41, 5.74) is 4.85. The number of carbonyl (C=O) groups is 1. The molecule has 32 heavy (non-hydrogen) atoms. The van der Waals surface area contributed by atoms with Crippen LogP contribution >= 0.6 is 11.6 Å². The molecule has 0 aliphatic carbocycles. The van der Waals surface area contributed by atoms with Gasteiger partial charge < -0.3 is 4.90 Å². The van der Waals surface area contributed by atoms with E-state index in [4.69, 9.17) is 16.7 Å². The number of halogens is 1. The molecule has 0 aliphatic rings. The van der Waals surface area contributed by atoms with Crippen molar-refractivity contribution in [1.82, 2.24) is 24.9 Å². The lowest BCUT2D eigenvalue weighted by atomic mass is 10.1. The number of nitrogens with zero attached hydrogens (tertiary/aromatic N) is 4. The van der Waals surface area contributed by atoms with Gasteiger partial charge in [0.1, 0.15) is 0 Å². The van der Waals surface area contributed by atoms with Crippen LogP contribution in [0.2, 0.25) is 5.02 Å². The summed E-state index contributed by atoms with van der Waals surface area (Å²) in [4.78, 5) is 14.9. The van der Waals surface area contributed by atoms with E-state index in [-0.39, 0.29) is 5.91 Å². The van der Waals surface area contributed by atoms with Crippen LogP contribution in [0.25, 0.3) is 27.8 Å². The van der Waals surface area contributed by atoms with E-state index in [0.717, 1.165) is 33.4 Å². The van der Waals surface area contributed by atoms with Crippen molar-refractivity contribution >= 4 is 28.4 Å². The number of carbonyl (C=O) groups excluding carboxylic acids is 1. The van der Waals surface area contributed by atoms with Crippen LogP contribution in [0.5, 0.6) is 0 Å². The Bertz CT molecular complexity index is 1390. The number of hydrogen-bond acceptors (Lipinski definition) is 3. The second-order valence-corrected chi connectivity index (χ2v) is 8.01. The zero-order valence-electron chi connectivity index (χ0n) is 17.4. The number of benzene rings is 3. The zero-order valence-corrected chi connectivity index (χ0v) is 18.1. The van der Waals surface area contributed by atoms with Crippen LogP contribution in [0.1, 0.15) is 16.1 Å². The van der Waals surface area contributed by atoms with Gasteiger partial charge in [0.25, 0.3) is 5.91 Å². The lowest BCUT2D eigenvalue weighted by molar-refractivity contribution is 0.0781. The number of para-hydroxylation sites is 2. The first kappa shape index (κ1) is 20.0. The number of fused-ring (bicyclic) bond motifs is 1. The summed E-state index contributed by atoms with van der Waals surface area (Å²) < 4.78 is 1.83. The average Bonchev–Trinajstić information content (AvgIpc) is 3.44. The summed E-state index contributed by atoms with van der Waals surface area (Å²) in [5, 5.41) is 13.5. The number of amides is 1. The molecule has 5 aromatic rings. The van der Waals surface area contributed by atoms with Gasteiger partial charge in [-0.1, -0.05) is 60.1 Å². The third-order valence-electron chi connectivity index (χ3n) is 5.36. The first-order valence-corrected chi connectivity index (χ1v) is 10.6. The fourth-order valence-electron chi connectivity index (χ4n) is 3.72. The number of aromatic amines is 1. The van der Waals surface area contributed by atoms with E-state index in [1.165, 1.54) is 0 Å². The molecule has 5 rings (SSSR count). The van der Waals surface area contributed by atoms with Crippen molar-refractivity contribution in [3.8, 4) is 16.9 Å². The van der Waals surface area contributed by atoms with Crippen LogP contribution in [-0.4, -0.2) is 37.8 Å². The predicted octanol–water partition coefficient (Wildman–Crippen LogP) is 5.34. The van der Waals surface area contributed by atoms with E-state index in [1.807, 2.05) is 89.7 Å². The fourth-order valence-corrected chi connectivity index (χ4v) is 3.85. The molecule has 6 nitrogen and oxygen atoms in total. The first-order chi connectivity index (χ1) is 15.6. The second-order valence-electron chi connectivity index (χ2n) is 7.57. The molecule has 0 atom stereocenters. The topological polar surface area (TPSA) is 66.8 Å². The van der Waals surface area contributed by atoms with E-state index in [1.54, 1.807) is 11.9 Å². The largest absolute Gasteiger partial charge is 0.336 e. The monoisotopic (exact) mass is 441 g/mol. The molecule has 3 aromatic carbocycles. The molecule has 0 saturated carbocycles. The number of hydrogen-bond donors (Lipinski definition) is 1. The van der Waals surface area contributed by atoms with E-state index >= 15 is 0 Å². The van der Waals surface area contributed by atoms with E-state index < -0.39 is 0 Å². The van der Waals surface area contributed by atoms with Gasteiger partial charge in [-0.25, -0.2) is 4.68 Å². The van der Waals surface area contributed by atoms with Crippen LogP contribution in [0, 0.1) is 0 Å². The predicted molar refractivity (Wildman–Crippen MR) is 126 cm³/mol. The molecule has 1 amide bonds. The van der Waals surface area contributed by atoms with Crippen LogP contribution in [-0.2, 0) is 6.54 Å². The van der Waals surface area contributed by atoms with Gasteiger partial charge in [-0.15, -0.1) is 0 Å². The van der Waals surface area contributed by atoms with Crippen molar-refractivity contribution in [1.29, 1.82) is 0 Å². The smallest absolute Gasteiger partial charge is 0.275 e. The standard InChI is InChI=1S/C25H20ClN5O/c1-30(25(32)24-21-9-5-6-10-22(21)27-28-24)15-18-16-31(20-7-3-2-4-8-20)29-23(18)17-11-13-19(26)14-12-17/h2-14,16H,15H2,1H3,(H,27,28). The Kier molecular flexibility index (Phi) is 5.21. The Labute approximate surface area is 190 Å². The van der Waals surface area contributed by atoms with Crippen molar-refractivity contribution < 1.29 is 4.79 Å². The maximum Gasteiger partial charge on any atom is 0.275 e. The van der Waals surface area contributed by atoms with E-state index in [9.17, 15) is 4.79 Å². The van der Waals surface area contributed by atoms with Gasteiger partial charge in [0.15, 0.2) is 5.69 Å². The molecule has 1 N–H and O–H groups in total. The van der Waals surface area contributed by atoms with Crippen LogP contribution in [0.3, 0.4) is 0 Å². The molecule has 158 valence electrons. The Morgan fingerprint density at radius 2 is 1.72 bits per heavy atom. The summed E-state index contributed by atoms with van der Waals surface area (Å²) in [6, 6.07) is 25.1. The number of H-pyrrole nitrogens is 1. The van der Waals surface area contributed by atoms with E-state index in [0.29, 0.717) is 17.3 Å². The quantitative estimate of drug-likeness (QED) is 0.400. The molecule has 7 heteroatoms. The van der Waals surface area contributed by atoms with Gasteiger partial charge >= 0.3 is 0 Å². The van der Waals surface area contributed by atoms with Crippen LogP contribution < -0.4 is 0 Å². The minimum atomic E-state index is -0.156. The Balaban J connectivity index is 1.51. The molecule has 0 fully saturated rings. The highest BCUT2D eigenvalue weighted by Gasteiger charge is 2.21. The van der Waals surface area contributed by atoms with Gasteiger partial charge in [0, 0.05) is 41.3 Å². The molecule has 0 spiro atoms. The minimum absolute atomic E-state index is 0.156. The van der Waals surface area contributed by atoms with Gasteiger partial charge in [0.05, 0.1) is 16.9 Å². The van der Waals surface area contributed by atoms with Crippen molar-refractivity contribution in [2.45, 2.75) is 6.54 Å². The highest BCUT2D eigenvalue weighted by atomic mass is 35.5. The van der Waals surface area contributed by atoms with Gasteiger partial charge in [-0.2, -0.15) is 10.2 Å². The van der Waals surface area contributed by atoms with Gasteiger partial charge in [0.2, 0.25) is 0 Å². The highest BCUT2D eigenvalue weighted by molar-refractivity contribution is 6.30. The highest BCUT2D eigenvalue weighted by Crippen LogP contribution is 2.27. The molecular weight excluding hydrogens is 422 g/mol. The van der Waals surface area contributed by atoms with Crippen molar-refractivity contribution in [3.05, 3.63) is 101 Å². The third-order valence-corrected chi connectivity index (χ3v) is 5.61. The summed E-state index contributed by atoms with van der Waals surface area (Å²) >= 11 is 6.08. The number of nitrogens with one attached hydrogen (secondary N) is 1. The Morgan fingerprint density at radius 3 is 2.50 bits per heavy atom. The van der Waals surface area contributed by atoms with Crippen molar-refractivity contribution in [2.24, 2.45) is 0 Å². The zero-order chi connectivity index (χ0) is 22.1. The molecule has 0 radical (unpaired) electrons. The van der Waals surface area contributed by atoms with Crippen LogP contribution in [0.15, 0.2) is 85.1 Å². The van der Waals surface area contributed by atoms with Gasteiger partial charge in [-0.3, -0.25) is 9.89 Å². The fraction of sp³-hybridized carbons (Fsp3) is 0.0800. The van der Waals surface area contributed by atoms with Crippen molar-refractivity contribution in [3.63, 3.8) is 0 Å². The maximum atomic E-state index is 13.2. The summed E-state index contributed by atoms with van der Waals surface area (Å²) in [7, 11) is 1.78. The van der Waals surface area contributed by atoms with Gasteiger partial charge in [-0.05, 0) is 30.3 Å². The molecule has 2 aromatic heterocycles. The summed E-state index contributed by atoms with van der Waals surface area (Å²) in [6.07, 6.45) is 1.96. The molecule has 0 aliphatic heterocycles. The Hall–Kier alpha value is -3.90. The lowest BCUT2D eigenvalue weighted by Gasteiger charge is -2.16. The normalized spacial score (nSPS) is 11.1. The number of rotatable bonds is 5. The minimum Gasteiger partial charge on any atom is -0.336 e. The van der Waals surface area contributed by atoms with Crippen molar-refractivity contribution in [2.75, 3.05) is 7.05 Å². The third kappa shape index (κ3) is 3.76. The summed E-state index contributed by atoms with van der Waals surface area (Å²) in [6.45, 7) is 0.380. The SMILES string of the molecule is CN(Cc1cn(-c2ccccc2)nc1-c1ccc(Cl)cc1)C(=O)c1n[nH]c2ccccc12. The van der Waals surface area contributed by atoms with Crippen LogP contribution in [0.4, 0.5) is 0 Å². The van der Waals surface area contributed by atoms with E-state index in [2.05, 4.69) is 10.2 Å². The molecule has 0 bridgehead atoms. The summed E-state index contributed by atoms with van der Waals surface area (Å²) in [5.74, 6) is -0.156. The first-order valence-electron chi connectivity index (χ1n) is 10.2. The lowest BCUT2D eigenvalue weighted by Crippen LogP contribution is -2.26. The molecule has 0 saturated heterocycles. The Morgan fingerprint density at radius 1 is 1.00 bits per heavy atom. The molecule has 2 heterocycles. The number of aromatic nitrogens is 4. The molecular formula is C25H20ClN5O. The second kappa shape index (κ2) is 8.32. The average molecular weight is 442 g/mol. The maximum absolute atomic E-state index is 13.2. The molecule has 0 unspecified atom stereocenters.